The molecule has 1 aliphatic rings. The van der Waals surface area contributed by atoms with Gasteiger partial charge in [-0.15, -0.1) is 0 Å². The first-order chi connectivity index (χ1) is 16.4. The first kappa shape index (κ1) is 21.8. The van der Waals surface area contributed by atoms with Crippen molar-refractivity contribution >= 4 is 22.9 Å². The summed E-state index contributed by atoms with van der Waals surface area (Å²) < 4.78 is 7.21. The predicted octanol–water partition coefficient (Wildman–Crippen LogP) is 3.26. The van der Waals surface area contributed by atoms with Crippen molar-refractivity contribution in [1.82, 2.24) is 29.6 Å². The van der Waals surface area contributed by atoms with Crippen LogP contribution in [0.5, 0.6) is 5.75 Å². The minimum absolute atomic E-state index is 0.268. The largest absolute Gasteiger partial charge is 0.494 e. The zero-order valence-corrected chi connectivity index (χ0v) is 19.0. The maximum Gasteiger partial charge on any atom is 0.323 e. The number of methoxy groups -OCH3 is 1. The van der Waals surface area contributed by atoms with E-state index in [4.69, 9.17) is 4.74 Å². The summed E-state index contributed by atoms with van der Waals surface area (Å²) in [6.07, 6.45) is 7.95. The van der Waals surface area contributed by atoms with Gasteiger partial charge in [-0.3, -0.25) is 5.32 Å². The predicted molar refractivity (Wildman–Crippen MR) is 127 cm³/mol. The number of nitrogens with zero attached hydrogens (tertiary/aromatic N) is 6. The molecule has 3 aromatic heterocycles. The fourth-order valence-electron chi connectivity index (χ4n) is 3.99. The van der Waals surface area contributed by atoms with Crippen LogP contribution in [0.1, 0.15) is 19.8 Å². The minimum atomic E-state index is -0.728. The number of carbonyl (C=O) groups is 1. The quantitative estimate of drug-likeness (QED) is 0.481. The van der Waals surface area contributed by atoms with Gasteiger partial charge in [-0.2, -0.15) is 5.10 Å². The molecule has 0 spiro atoms. The Bertz CT molecular complexity index is 1330. The highest BCUT2D eigenvalue weighted by molar-refractivity contribution is 5.96. The van der Waals surface area contributed by atoms with Gasteiger partial charge < -0.3 is 14.7 Å². The van der Waals surface area contributed by atoms with E-state index in [1.54, 1.807) is 36.0 Å². The molecule has 0 atom stereocenters. The average molecular weight is 460 g/mol. The molecule has 2 amide bonds. The fraction of sp³-hybridized carbons (Fsp3) is 0.292. The van der Waals surface area contributed by atoms with Gasteiger partial charge in [-0.05, 0) is 44.0 Å². The number of hydrogen-bond donors (Lipinski definition) is 2. The Morgan fingerprint density at radius 3 is 2.68 bits per heavy atom. The number of amides is 2. The lowest BCUT2D eigenvalue weighted by Gasteiger charge is -2.35. The summed E-state index contributed by atoms with van der Waals surface area (Å²) in [5.41, 5.74) is 2.12. The zero-order chi connectivity index (χ0) is 23.7. The summed E-state index contributed by atoms with van der Waals surface area (Å²) in [4.78, 5) is 27.9. The molecule has 5 rings (SSSR count). The highest BCUT2D eigenvalue weighted by atomic mass is 16.5. The van der Waals surface area contributed by atoms with Crippen LogP contribution in [0, 0.1) is 0 Å². The summed E-state index contributed by atoms with van der Waals surface area (Å²) >= 11 is 0. The molecular formula is C24H25N7O3. The van der Waals surface area contributed by atoms with Gasteiger partial charge >= 0.3 is 6.03 Å². The number of aromatic nitrogens is 5. The lowest BCUT2D eigenvalue weighted by atomic mass is 9.94. The number of carbonyl (C=O) groups excluding carboxylic acids is 1. The third-order valence-corrected chi connectivity index (χ3v) is 6.02. The van der Waals surface area contributed by atoms with E-state index in [2.05, 4.69) is 25.4 Å². The minimum Gasteiger partial charge on any atom is -0.494 e. The smallest absolute Gasteiger partial charge is 0.323 e. The molecule has 4 aromatic rings. The second-order valence-electron chi connectivity index (χ2n) is 8.54. The van der Waals surface area contributed by atoms with Crippen molar-refractivity contribution in [2.45, 2.75) is 25.4 Å². The van der Waals surface area contributed by atoms with Gasteiger partial charge in [0.1, 0.15) is 16.8 Å². The molecule has 0 unspecified atom stereocenters. The van der Waals surface area contributed by atoms with E-state index in [0.717, 1.165) is 11.1 Å². The number of benzene rings is 1. The SMILES string of the molecule is COc1ccc(-c2cnn(-c3ccccn3)c2)c2ncc(NC(=O)N3CCC(C)(O)CC3)nc12. The van der Waals surface area contributed by atoms with Gasteiger partial charge in [0, 0.05) is 36.6 Å². The van der Waals surface area contributed by atoms with Crippen LogP contribution in [0.3, 0.4) is 0 Å². The number of rotatable bonds is 4. The van der Waals surface area contributed by atoms with Crippen molar-refractivity contribution in [3.8, 4) is 22.7 Å². The number of fused-ring (bicyclic) bond motifs is 1. The monoisotopic (exact) mass is 459 g/mol. The number of aliphatic hydroxyl groups is 1. The molecular weight excluding hydrogens is 434 g/mol. The molecule has 1 aliphatic heterocycles. The Hall–Kier alpha value is -4.05. The molecule has 10 nitrogen and oxygen atoms in total. The molecule has 0 aliphatic carbocycles. The first-order valence-corrected chi connectivity index (χ1v) is 11.0. The topological polar surface area (TPSA) is 118 Å². The van der Waals surface area contributed by atoms with Gasteiger partial charge in [-0.25, -0.2) is 24.4 Å². The number of hydrogen-bond acceptors (Lipinski definition) is 7. The molecule has 0 bridgehead atoms. The number of urea groups is 1. The van der Waals surface area contributed by atoms with E-state index in [1.165, 1.54) is 6.20 Å². The Balaban J connectivity index is 1.44. The van der Waals surface area contributed by atoms with Gasteiger partial charge in [-0.1, -0.05) is 6.07 Å². The zero-order valence-electron chi connectivity index (χ0n) is 19.0. The summed E-state index contributed by atoms with van der Waals surface area (Å²) in [5, 5.41) is 17.4. The number of pyridine rings is 1. The van der Waals surface area contributed by atoms with Crippen molar-refractivity contribution in [2.75, 3.05) is 25.5 Å². The molecule has 10 heteroatoms. The van der Waals surface area contributed by atoms with Crippen LogP contribution in [0.2, 0.25) is 0 Å². The normalized spacial score (nSPS) is 15.3. The number of likely N-dealkylation sites (tertiary alicyclic amines) is 1. The number of nitrogens with one attached hydrogen (secondary N) is 1. The first-order valence-electron chi connectivity index (χ1n) is 11.0. The maximum atomic E-state index is 12.7. The molecule has 1 aromatic carbocycles. The molecule has 1 saturated heterocycles. The van der Waals surface area contributed by atoms with Crippen LogP contribution in [-0.2, 0) is 0 Å². The molecule has 1 fully saturated rings. The van der Waals surface area contributed by atoms with E-state index in [0.29, 0.717) is 54.3 Å². The molecule has 0 saturated carbocycles. The van der Waals surface area contributed by atoms with Crippen molar-refractivity contribution in [2.24, 2.45) is 0 Å². The number of anilines is 1. The van der Waals surface area contributed by atoms with E-state index in [-0.39, 0.29) is 6.03 Å². The Kier molecular flexibility index (Phi) is 5.58. The van der Waals surface area contributed by atoms with Crippen LogP contribution >= 0.6 is 0 Å². The molecule has 4 heterocycles. The van der Waals surface area contributed by atoms with Crippen molar-refractivity contribution in [3.63, 3.8) is 0 Å². The van der Waals surface area contributed by atoms with Gasteiger partial charge in [0.25, 0.3) is 0 Å². The highest BCUT2D eigenvalue weighted by Crippen LogP contribution is 2.33. The van der Waals surface area contributed by atoms with Crippen molar-refractivity contribution < 1.29 is 14.6 Å². The van der Waals surface area contributed by atoms with Crippen LogP contribution in [0.25, 0.3) is 28.0 Å². The summed E-state index contributed by atoms with van der Waals surface area (Å²) in [5.74, 6) is 1.59. The van der Waals surface area contributed by atoms with Crippen molar-refractivity contribution in [3.05, 3.63) is 55.1 Å². The third kappa shape index (κ3) is 4.27. The van der Waals surface area contributed by atoms with Crippen LogP contribution in [0.4, 0.5) is 10.6 Å². The average Bonchev–Trinajstić information content (AvgIpc) is 3.34. The van der Waals surface area contributed by atoms with Crippen LogP contribution in [-0.4, -0.2) is 66.6 Å². The van der Waals surface area contributed by atoms with E-state index >= 15 is 0 Å². The van der Waals surface area contributed by atoms with Crippen LogP contribution in [0.15, 0.2) is 55.1 Å². The molecule has 2 N–H and O–H groups in total. The fourth-order valence-corrected chi connectivity index (χ4v) is 3.99. The number of piperidine rings is 1. The van der Waals surface area contributed by atoms with Gasteiger partial charge in [0.15, 0.2) is 11.6 Å². The summed E-state index contributed by atoms with van der Waals surface area (Å²) in [6, 6.07) is 9.10. The van der Waals surface area contributed by atoms with Gasteiger partial charge in [0.2, 0.25) is 0 Å². The van der Waals surface area contributed by atoms with Gasteiger partial charge in [0.05, 0.1) is 25.1 Å². The lowest BCUT2D eigenvalue weighted by Crippen LogP contribution is -2.46. The second kappa shape index (κ2) is 8.71. The van der Waals surface area contributed by atoms with E-state index < -0.39 is 5.60 Å². The Morgan fingerprint density at radius 1 is 1.12 bits per heavy atom. The summed E-state index contributed by atoms with van der Waals surface area (Å²) in [6.45, 7) is 2.75. The van der Waals surface area contributed by atoms with E-state index in [9.17, 15) is 9.90 Å². The summed E-state index contributed by atoms with van der Waals surface area (Å²) in [7, 11) is 1.57. The Morgan fingerprint density at radius 2 is 1.94 bits per heavy atom. The molecule has 0 radical (unpaired) electrons. The lowest BCUT2D eigenvalue weighted by molar-refractivity contribution is 0.00569. The maximum absolute atomic E-state index is 12.7. The Labute approximate surface area is 196 Å². The number of ether oxygens (including phenoxy) is 1. The molecule has 174 valence electrons. The van der Waals surface area contributed by atoms with Crippen LogP contribution < -0.4 is 10.1 Å². The molecule has 34 heavy (non-hydrogen) atoms. The third-order valence-electron chi connectivity index (χ3n) is 6.02. The standard InChI is InChI=1S/C24H25N7O3/c1-24(33)8-11-30(12-9-24)23(32)29-19-14-26-21-17(6-7-18(34-2)22(21)28-19)16-13-27-31(15-16)20-5-3-4-10-25-20/h3-7,10,13-15,33H,8-9,11-12H2,1-2H3,(H,28,29,32). The highest BCUT2D eigenvalue weighted by Gasteiger charge is 2.29. The second-order valence-corrected chi connectivity index (χ2v) is 8.54. The van der Waals surface area contributed by atoms with E-state index in [1.807, 2.05) is 36.5 Å². The van der Waals surface area contributed by atoms with Crippen molar-refractivity contribution in [1.29, 1.82) is 0 Å².